The summed E-state index contributed by atoms with van der Waals surface area (Å²) in [5.41, 5.74) is 4.56. The number of imidazole rings is 1. The highest BCUT2D eigenvalue weighted by Crippen LogP contribution is 2.19. The van der Waals surface area contributed by atoms with Crippen LogP contribution in [-0.4, -0.2) is 30.8 Å². The average molecular weight is 386 g/mol. The van der Waals surface area contributed by atoms with Gasteiger partial charge >= 0.3 is 0 Å². The quantitative estimate of drug-likeness (QED) is 0.528. The molecule has 2 N–H and O–H groups in total. The number of aromatic amines is 1. The molecule has 0 saturated carbocycles. The van der Waals surface area contributed by atoms with Gasteiger partial charge in [-0.25, -0.2) is 15.0 Å². The van der Waals surface area contributed by atoms with Crippen LogP contribution in [-0.2, 0) is 11.2 Å². The van der Waals surface area contributed by atoms with Crippen molar-refractivity contribution in [2.24, 2.45) is 0 Å². The Bertz CT molecular complexity index is 1110. The van der Waals surface area contributed by atoms with Crippen LogP contribution in [0.4, 0.5) is 0 Å². The minimum Gasteiger partial charge on any atom is -0.349 e. The molecule has 0 spiro atoms. The van der Waals surface area contributed by atoms with Gasteiger partial charge in [-0.05, 0) is 38.1 Å². The summed E-state index contributed by atoms with van der Waals surface area (Å²) in [7, 11) is 0. The molecule has 0 aliphatic rings. The standard InChI is InChI=1S/C22H22N6O/c1-14(17-13-24-22(26-15(17)2)16-9-11-23-12-10-16)25-21(29)8-7-20-27-18-5-3-4-6-19(18)28-20/h3-6,9-14H,7-8H2,1-2H3,(H,25,29)(H,27,28)/t14-/m0/s1. The van der Waals surface area contributed by atoms with Crippen molar-refractivity contribution in [1.29, 1.82) is 0 Å². The Morgan fingerprint density at radius 1 is 1.14 bits per heavy atom. The van der Waals surface area contributed by atoms with Gasteiger partial charge in [0.25, 0.3) is 0 Å². The molecule has 7 nitrogen and oxygen atoms in total. The molecule has 0 unspecified atom stereocenters. The summed E-state index contributed by atoms with van der Waals surface area (Å²) in [5, 5.41) is 3.03. The third-order valence-corrected chi connectivity index (χ3v) is 4.83. The second kappa shape index (κ2) is 8.18. The van der Waals surface area contributed by atoms with Crippen molar-refractivity contribution >= 4 is 16.9 Å². The van der Waals surface area contributed by atoms with E-state index in [1.165, 1.54) is 0 Å². The Morgan fingerprint density at radius 3 is 2.69 bits per heavy atom. The molecule has 3 heterocycles. The number of carbonyl (C=O) groups is 1. The molecule has 0 aliphatic heterocycles. The minimum atomic E-state index is -0.176. The van der Waals surface area contributed by atoms with Gasteiger partial charge in [0.1, 0.15) is 5.82 Å². The van der Waals surface area contributed by atoms with Crippen molar-refractivity contribution in [3.05, 3.63) is 72.1 Å². The molecule has 1 amide bonds. The number of carbonyl (C=O) groups excluding carboxylic acids is 1. The van der Waals surface area contributed by atoms with Gasteiger partial charge in [0.2, 0.25) is 5.91 Å². The van der Waals surface area contributed by atoms with E-state index in [0.29, 0.717) is 18.7 Å². The zero-order chi connectivity index (χ0) is 20.2. The highest BCUT2D eigenvalue weighted by Gasteiger charge is 2.15. The number of nitrogens with one attached hydrogen (secondary N) is 2. The first-order chi connectivity index (χ1) is 14.1. The van der Waals surface area contributed by atoms with Gasteiger partial charge < -0.3 is 10.3 Å². The molecule has 0 bridgehead atoms. The molecule has 4 aromatic rings. The highest BCUT2D eigenvalue weighted by atomic mass is 16.1. The van der Waals surface area contributed by atoms with Crippen LogP contribution in [0.2, 0.25) is 0 Å². The van der Waals surface area contributed by atoms with Crippen LogP contribution in [0.3, 0.4) is 0 Å². The maximum Gasteiger partial charge on any atom is 0.220 e. The Balaban J connectivity index is 1.38. The number of hydrogen-bond donors (Lipinski definition) is 2. The molecule has 0 radical (unpaired) electrons. The lowest BCUT2D eigenvalue weighted by atomic mass is 10.1. The Kier molecular flexibility index (Phi) is 5.29. The van der Waals surface area contributed by atoms with Crippen molar-refractivity contribution in [3.8, 4) is 11.4 Å². The number of amides is 1. The normalized spacial score (nSPS) is 12.1. The number of benzene rings is 1. The summed E-state index contributed by atoms with van der Waals surface area (Å²) >= 11 is 0. The fourth-order valence-corrected chi connectivity index (χ4v) is 3.29. The Labute approximate surface area is 168 Å². The number of aromatic nitrogens is 5. The van der Waals surface area contributed by atoms with Crippen molar-refractivity contribution in [1.82, 2.24) is 30.2 Å². The highest BCUT2D eigenvalue weighted by molar-refractivity contribution is 5.77. The van der Waals surface area contributed by atoms with Gasteiger partial charge in [-0.1, -0.05) is 12.1 Å². The molecular weight excluding hydrogens is 364 g/mol. The number of aryl methyl sites for hydroxylation is 2. The number of para-hydroxylation sites is 2. The minimum absolute atomic E-state index is 0.0319. The molecule has 146 valence electrons. The largest absolute Gasteiger partial charge is 0.349 e. The summed E-state index contributed by atoms with van der Waals surface area (Å²) in [4.78, 5) is 33.2. The van der Waals surface area contributed by atoms with E-state index in [-0.39, 0.29) is 11.9 Å². The van der Waals surface area contributed by atoms with Crippen molar-refractivity contribution < 1.29 is 4.79 Å². The van der Waals surface area contributed by atoms with Gasteiger partial charge in [0, 0.05) is 48.3 Å². The van der Waals surface area contributed by atoms with E-state index in [2.05, 4.69) is 30.2 Å². The predicted molar refractivity (Wildman–Crippen MR) is 111 cm³/mol. The molecule has 7 heteroatoms. The summed E-state index contributed by atoms with van der Waals surface area (Å²) < 4.78 is 0. The van der Waals surface area contributed by atoms with Crippen LogP contribution >= 0.6 is 0 Å². The maximum absolute atomic E-state index is 12.4. The number of nitrogens with zero attached hydrogens (tertiary/aromatic N) is 4. The van der Waals surface area contributed by atoms with E-state index in [0.717, 1.165) is 33.7 Å². The fourth-order valence-electron chi connectivity index (χ4n) is 3.29. The van der Waals surface area contributed by atoms with Crippen molar-refractivity contribution in [2.45, 2.75) is 32.7 Å². The van der Waals surface area contributed by atoms with Gasteiger partial charge in [0.05, 0.1) is 17.1 Å². The molecular formula is C22H22N6O. The summed E-state index contributed by atoms with van der Waals surface area (Å²) in [5.74, 6) is 1.43. The van der Waals surface area contributed by atoms with Crippen LogP contribution in [0.15, 0.2) is 55.0 Å². The van der Waals surface area contributed by atoms with Crippen LogP contribution in [0.25, 0.3) is 22.4 Å². The second-order valence-corrected chi connectivity index (χ2v) is 6.96. The Morgan fingerprint density at radius 2 is 1.93 bits per heavy atom. The SMILES string of the molecule is Cc1nc(-c2ccncc2)ncc1[C@H](C)NC(=O)CCc1nc2ccccc2[nH]1. The lowest BCUT2D eigenvalue weighted by Crippen LogP contribution is -2.27. The zero-order valence-electron chi connectivity index (χ0n) is 16.4. The Hall–Kier alpha value is -3.61. The first-order valence-electron chi connectivity index (χ1n) is 9.57. The van der Waals surface area contributed by atoms with Crippen LogP contribution in [0, 0.1) is 6.92 Å². The van der Waals surface area contributed by atoms with Gasteiger partial charge in [-0.2, -0.15) is 0 Å². The lowest BCUT2D eigenvalue weighted by molar-refractivity contribution is -0.121. The smallest absolute Gasteiger partial charge is 0.220 e. The van der Waals surface area contributed by atoms with E-state index < -0.39 is 0 Å². The van der Waals surface area contributed by atoms with Crippen LogP contribution < -0.4 is 5.32 Å². The number of fused-ring (bicyclic) bond motifs is 1. The van der Waals surface area contributed by atoms with Gasteiger partial charge in [-0.15, -0.1) is 0 Å². The third kappa shape index (κ3) is 4.29. The molecule has 29 heavy (non-hydrogen) atoms. The van der Waals surface area contributed by atoms with Crippen molar-refractivity contribution in [2.75, 3.05) is 0 Å². The first kappa shape index (κ1) is 18.7. The van der Waals surface area contributed by atoms with Gasteiger partial charge in [-0.3, -0.25) is 9.78 Å². The summed E-state index contributed by atoms with van der Waals surface area (Å²) in [6.45, 7) is 3.87. The second-order valence-electron chi connectivity index (χ2n) is 6.96. The van der Waals surface area contributed by atoms with Crippen molar-refractivity contribution in [3.63, 3.8) is 0 Å². The number of pyridine rings is 1. The first-order valence-corrected chi connectivity index (χ1v) is 9.57. The predicted octanol–water partition coefficient (Wildman–Crippen LogP) is 3.53. The fraction of sp³-hybridized carbons (Fsp3) is 0.227. The van der Waals surface area contributed by atoms with Gasteiger partial charge in [0.15, 0.2) is 5.82 Å². The topological polar surface area (TPSA) is 96.5 Å². The third-order valence-electron chi connectivity index (χ3n) is 4.83. The molecule has 0 aliphatic carbocycles. The molecule has 3 aromatic heterocycles. The van der Waals surface area contributed by atoms with E-state index in [1.807, 2.05) is 50.2 Å². The molecule has 1 atom stereocenters. The monoisotopic (exact) mass is 386 g/mol. The molecule has 0 saturated heterocycles. The average Bonchev–Trinajstić information content (AvgIpc) is 3.16. The zero-order valence-corrected chi connectivity index (χ0v) is 16.4. The van der Waals surface area contributed by atoms with E-state index in [9.17, 15) is 4.79 Å². The molecule has 4 rings (SSSR count). The number of H-pyrrole nitrogens is 1. The number of hydrogen-bond acceptors (Lipinski definition) is 5. The van der Waals surface area contributed by atoms with E-state index in [1.54, 1.807) is 18.6 Å². The lowest BCUT2D eigenvalue weighted by Gasteiger charge is -2.16. The van der Waals surface area contributed by atoms with Crippen LogP contribution in [0.1, 0.15) is 36.5 Å². The number of rotatable bonds is 6. The van der Waals surface area contributed by atoms with E-state index in [4.69, 9.17) is 0 Å². The summed E-state index contributed by atoms with van der Waals surface area (Å²) in [6.07, 6.45) is 6.13. The maximum atomic E-state index is 12.4. The molecule has 0 fully saturated rings. The molecule has 1 aromatic carbocycles. The van der Waals surface area contributed by atoms with E-state index >= 15 is 0 Å². The van der Waals surface area contributed by atoms with Crippen LogP contribution in [0.5, 0.6) is 0 Å². The summed E-state index contributed by atoms with van der Waals surface area (Å²) in [6, 6.07) is 11.4.